The van der Waals surface area contributed by atoms with Crippen LogP contribution in [0.5, 0.6) is 0 Å². The number of imidazole rings is 1. The van der Waals surface area contributed by atoms with E-state index in [0.29, 0.717) is 0 Å². The molecule has 1 spiro atoms. The minimum absolute atomic E-state index is 0.468. The monoisotopic (exact) mass is 793 g/mol. The molecule has 4 heteroatoms. The van der Waals surface area contributed by atoms with Crippen molar-refractivity contribution >= 4 is 44.5 Å². The van der Waals surface area contributed by atoms with E-state index in [4.69, 9.17) is 9.97 Å². The van der Waals surface area contributed by atoms with Crippen LogP contribution in [0.2, 0.25) is 0 Å². The van der Waals surface area contributed by atoms with E-state index in [1.807, 2.05) is 11.8 Å². The summed E-state index contributed by atoms with van der Waals surface area (Å²) in [5, 5.41) is 3.51. The van der Waals surface area contributed by atoms with Crippen molar-refractivity contribution in [3.05, 3.63) is 235 Å². The third-order valence-electron chi connectivity index (χ3n) is 12.9. The minimum Gasteiger partial charge on any atom is -0.292 e. The van der Waals surface area contributed by atoms with E-state index >= 15 is 0 Å². The van der Waals surface area contributed by atoms with Crippen molar-refractivity contribution in [2.75, 3.05) is 0 Å². The number of fused-ring (bicyclic) bond motifs is 13. The Bertz CT molecular complexity index is 3510. The number of pyridine rings is 1. The summed E-state index contributed by atoms with van der Waals surface area (Å²) in [5.41, 5.74) is 17.1. The third-order valence-corrected chi connectivity index (χ3v) is 14.0. The first-order valence-electron chi connectivity index (χ1n) is 20.8. The second kappa shape index (κ2) is 13.2. The molecule has 0 radical (unpaired) electrons. The van der Waals surface area contributed by atoms with Crippen LogP contribution < -0.4 is 0 Å². The molecule has 11 aromatic rings. The molecule has 0 unspecified atom stereocenters. The fraction of sp³-hybridized carbons (Fsp3) is 0.0175. The molecule has 0 amide bonds. The Labute approximate surface area is 357 Å². The first kappa shape index (κ1) is 34.3. The van der Waals surface area contributed by atoms with Gasteiger partial charge in [-0.2, -0.15) is 0 Å². The second-order valence-electron chi connectivity index (χ2n) is 16.1. The highest BCUT2D eigenvalue weighted by Gasteiger charge is 2.50. The number of aromatic nitrogens is 3. The molecule has 3 nitrogen and oxygen atoms in total. The summed E-state index contributed by atoms with van der Waals surface area (Å²) in [5.74, 6) is 0.925. The maximum absolute atomic E-state index is 5.46. The van der Waals surface area contributed by atoms with E-state index in [1.54, 1.807) is 0 Å². The van der Waals surface area contributed by atoms with Gasteiger partial charge in [-0.3, -0.25) is 4.57 Å². The number of nitrogens with zero attached hydrogens (tertiary/aromatic N) is 3. The molecule has 2 aromatic heterocycles. The van der Waals surface area contributed by atoms with E-state index in [0.717, 1.165) is 66.8 Å². The van der Waals surface area contributed by atoms with E-state index < -0.39 is 5.41 Å². The van der Waals surface area contributed by atoms with Crippen LogP contribution in [0.3, 0.4) is 0 Å². The first-order chi connectivity index (χ1) is 30.2. The summed E-state index contributed by atoms with van der Waals surface area (Å²) in [6.07, 6.45) is 0. The highest BCUT2D eigenvalue weighted by Crippen LogP contribution is 2.62. The van der Waals surface area contributed by atoms with Crippen LogP contribution in [-0.4, -0.2) is 14.5 Å². The standard InChI is InChI=1S/C57H35N3S/c1-3-15-37(16-4-1)55-45-35-54-49(57(48-23-11-14-26-53(48)61-54)46-21-9-7-19-41(46)42-20-8-10-22-47(42)57)34-43(45)44-33-39(31-32-50(44)58-55)36-27-29-38(30-28-36)56-59-51-24-12-13-25-52(51)60(56)40-17-5-2-6-18-40/h1-35H. The topological polar surface area (TPSA) is 30.7 Å². The Kier molecular flexibility index (Phi) is 7.45. The Morgan fingerprint density at radius 3 is 1.77 bits per heavy atom. The molecular weight excluding hydrogens is 759 g/mol. The maximum atomic E-state index is 5.46. The van der Waals surface area contributed by atoms with Gasteiger partial charge in [0.2, 0.25) is 0 Å². The molecular formula is C57H35N3S. The van der Waals surface area contributed by atoms with Gasteiger partial charge in [-0.05, 0) is 104 Å². The van der Waals surface area contributed by atoms with Crippen LogP contribution >= 0.6 is 11.8 Å². The predicted molar refractivity (Wildman–Crippen MR) is 252 cm³/mol. The highest BCUT2D eigenvalue weighted by atomic mass is 32.2. The minimum atomic E-state index is -0.468. The molecule has 61 heavy (non-hydrogen) atoms. The average molecular weight is 794 g/mol. The van der Waals surface area contributed by atoms with Crippen LogP contribution in [0.4, 0.5) is 0 Å². The lowest BCUT2D eigenvalue weighted by Crippen LogP contribution is -2.32. The van der Waals surface area contributed by atoms with Gasteiger partial charge in [0.25, 0.3) is 0 Å². The van der Waals surface area contributed by atoms with Gasteiger partial charge in [0.1, 0.15) is 5.82 Å². The van der Waals surface area contributed by atoms with Crippen molar-refractivity contribution in [3.8, 4) is 50.6 Å². The molecule has 1 aliphatic carbocycles. The predicted octanol–water partition coefficient (Wildman–Crippen LogP) is 14.6. The average Bonchev–Trinajstić information content (AvgIpc) is 3.86. The number of rotatable bonds is 4. The zero-order valence-corrected chi connectivity index (χ0v) is 33.8. The van der Waals surface area contributed by atoms with Gasteiger partial charge < -0.3 is 0 Å². The Balaban J connectivity index is 1.03. The zero-order chi connectivity index (χ0) is 40.1. The van der Waals surface area contributed by atoms with E-state index in [-0.39, 0.29) is 0 Å². The molecule has 0 fully saturated rings. The lowest BCUT2D eigenvalue weighted by atomic mass is 9.67. The molecule has 1 aliphatic heterocycles. The summed E-state index contributed by atoms with van der Waals surface area (Å²) in [4.78, 5) is 13.1. The first-order valence-corrected chi connectivity index (χ1v) is 21.6. The molecule has 284 valence electrons. The summed E-state index contributed by atoms with van der Waals surface area (Å²) in [7, 11) is 0. The van der Waals surface area contributed by atoms with Crippen LogP contribution in [0.1, 0.15) is 22.3 Å². The van der Waals surface area contributed by atoms with Gasteiger partial charge in [0, 0.05) is 37.4 Å². The Morgan fingerprint density at radius 2 is 1.00 bits per heavy atom. The van der Waals surface area contributed by atoms with Crippen LogP contribution in [0.25, 0.3) is 83.3 Å². The van der Waals surface area contributed by atoms with Gasteiger partial charge in [-0.15, -0.1) is 0 Å². The number of hydrogen-bond donors (Lipinski definition) is 0. The van der Waals surface area contributed by atoms with Crippen molar-refractivity contribution in [1.82, 2.24) is 14.5 Å². The molecule has 0 saturated heterocycles. The fourth-order valence-electron chi connectivity index (χ4n) is 10.2. The van der Waals surface area contributed by atoms with Gasteiger partial charge >= 0.3 is 0 Å². The van der Waals surface area contributed by atoms with Crippen LogP contribution in [-0.2, 0) is 5.41 Å². The molecule has 0 N–H and O–H groups in total. The summed E-state index contributed by atoms with van der Waals surface area (Å²) in [6.45, 7) is 0. The SMILES string of the molecule is c1ccc(-c2nc3ccc(-c4ccc(-c5nc6ccccc6n5-c5ccccc5)cc4)cc3c3cc4c(cc23)Sc2ccccc2C42c3ccccc3-c3ccccc32)cc1. The smallest absolute Gasteiger partial charge is 0.145 e. The van der Waals surface area contributed by atoms with Crippen molar-refractivity contribution < 1.29 is 0 Å². The Hall–Kier alpha value is -7.53. The molecule has 13 rings (SSSR count). The fourth-order valence-corrected chi connectivity index (χ4v) is 11.4. The molecule has 2 aliphatic rings. The van der Waals surface area contributed by atoms with Crippen molar-refractivity contribution in [1.29, 1.82) is 0 Å². The van der Waals surface area contributed by atoms with Gasteiger partial charge in [-0.1, -0.05) is 169 Å². The quantitative estimate of drug-likeness (QED) is 0.166. The van der Waals surface area contributed by atoms with Crippen LogP contribution in [0.15, 0.2) is 222 Å². The van der Waals surface area contributed by atoms with Gasteiger partial charge in [0.05, 0.1) is 27.7 Å². The lowest BCUT2D eigenvalue weighted by molar-refractivity contribution is 0.724. The van der Waals surface area contributed by atoms with Crippen molar-refractivity contribution in [2.24, 2.45) is 0 Å². The van der Waals surface area contributed by atoms with Crippen molar-refractivity contribution in [3.63, 3.8) is 0 Å². The van der Waals surface area contributed by atoms with Crippen LogP contribution in [0, 0.1) is 0 Å². The maximum Gasteiger partial charge on any atom is 0.145 e. The van der Waals surface area contributed by atoms with Gasteiger partial charge in [-0.25, -0.2) is 9.97 Å². The van der Waals surface area contributed by atoms with E-state index in [9.17, 15) is 0 Å². The lowest BCUT2D eigenvalue weighted by Gasteiger charge is -2.40. The highest BCUT2D eigenvalue weighted by molar-refractivity contribution is 7.99. The summed E-state index contributed by atoms with van der Waals surface area (Å²) < 4.78 is 2.26. The molecule has 3 heterocycles. The molecule has 0 bridgehead atoms. The molecule has 9 aromatic carbocycles. The number of benzene rings is 9. The van der Waals surface area contributed by atoms with E-state index in [2.05, 4.69) is 217 Å². The second-order valence-corrected chi connectivity index (χ2v) is 17.1. The third kappa shape index (κ3) is 5.00. The number of hydrogen-bond acceptors (Lipinski definition) is 3. The van der Waals surface area contributed by atoms with Crippen molar-refractivity contribution in [2.45, 2.75) is 15.2 Å². The number of para-hydroxylation sites is 3. The Morgan fingerprint density at radius 1 is 0.377 bits per heavy atom. The van der Waals surface area contributed by atoms with Gasteiger partial charge in [0.15, 0.2) is 0 Å². The normalized spacial score (nSPS) is 13.3. The summed E-state index contributed by atoms with van der Waals surface area (Å²) in [6, 6.07) is 77.3. The molecule has 0 atom stereocenters. The zero-order valence-electron chi connectivity index (χ0n) is 33.0. The summed E-state index contributed by atoms with van der Waals surface area (Å²) >= 11 is 1.88. The largest absolute Gasteiger partial charge is 0.292 e. The van der Waals surface area contributed by atoms with E-state index in [1.165, 1.54) is 48.6 Å². The molecule has 0 saturated carbocycles.